The number of allylic oxidation sites excluding steroid dienone is 6. The molecule has 1 aliphatic heterocycles. The molecular weight excluding hydrogens is 857 g/mol. The van der Waals surface area contributed by atoms with Crippen LogP contribution in [0.4, 0.5) is 0 Å². The van der Waals surface area contributed by atoms with Gasteiger partial charge in [0, 0.05) is 22.3 Å². The van der Waals surface area contributed by atoms with Crippen LogP contribution in [-0.4, -0.2) is 4.70 Å². The summed E-state index contributed by atoms with van der Waals surface area (Å²) in [6, 6.07) is 14.3. The van der Waals surface area contributed by atoms with Gasteiger partial charge in [0.1, 0.15) is 0 Å². The van der Waals surface area contributed by atoms with Crippen LogP contribution in [0, 0.1) is 0 Å². The summed E-state index contributed by atoms with van der Waals surface area (Å²) in [6.45, 7) is 13.8. The molecule has 0 unspecified atom stereocenters. The van der Waals surface area contributed by atoms with E-state index in [1.54, 1.807) is 4.70 Å². The summed E-state index contributed by atoms with van der Waals surface area (Å²) >= 11 is 0. The highest BCUT2D eigenvalue weighted by Crippen LogP contribution is 2.45. The molecule has 2 aromatic rings. The van der Waals surface area contributed by atoms with Gasteiger partial charge in [-0.1, -0.05) is 264 Å². The minimum atomic E-state index is 0.985. The lowest BCUT2D eigenvalue weighted by atomic mass is 9.90. The van der Waals surface area contributed by atoms with Gasteiger partial charge >= 0.3 is 0 Å². The van der Waals surface area contributed by atoms with Crippen LogP contribution >= 0.6 is 0 Å². The molecule has 0 aliphatic carbocycles. The van der Waals surface area contributed by atoms with Gasteiger partial charge in [-0.2, -0.15) is 0 Å². The first-order chi connectivity index (χ1) is 35.0. The predicted octanol–water partition coefficient (Wildman–Crippen LogP) is 24.2. The van der Waals surface area contributed by atoms with Gasteiger partial charge in [0.25, 0.3) is 0 Å². The van der Waals surface area contributed by atoms with E-state index >= 15 is 0 Å². The molecule has 0 saturated carbocycles. The van der Waals surface area contributed by atoms with E-state index in [0.717, 1.165) is 73.9 Å². The van der Waals surface area contributed by atoms with Crippen molar-refractivity contribution in [1.82, 2.24) is 0 Å². The molecule has 0 atom stereocenters. The van der Waals surface area contributed by atoms with Gasteiger partial charge in [-0.3, -0.25) is 0 Å². The maximum atomic E-state index is 13.1. The van der Waals surface area contributed by atoms with Crippen LogP contribution in [0.15, 0.2) is 71.8 Å². The van der Waals surface area contributed by atoms with Crippen molar-refractivity contribution >= 4 is 35.7 Å². The van der Waals surface area contributed by atoms with Crippen molar-refractivity contribution in [3.05, 3.63) is 111 Å². The van der Waals surface area contributed by atoms with E-state index in [0.29, 0.717) is 0 Å². The highest BCUT2D eigenvalue weighted by atomic mass is 15.2. The molecule has 0 aromatic heterocycles. The lowest BCUT2D eigenvalue weighted by Gasteiger charge is -2.13. The van der Waals surface area contributed by atoms with Gasteiger partial charge in [-0.25, -0.2) is 4.70 Å². The second-order valence-corrected chi connectivity index (χ2v) is 21.6. The minimum absolute atomic E-state index is 0.985. The Bertz CT molecular complexity index is 1790. The van der Waals surface area contributed by atoms with Crippen LogP contribution in [0.1, 0.15) is 325 Å². The van der Waals surface area contributed by atoms with Crippen LogP contribution < -0.4 is 0 Å². The van der Waals surface area contributed by atoms with E-state index in [2.05, 4.69) is 127 Å². The fourth-order valence-corrected chi connectivity index (χ4v) is 10.5. The van der Waals surface area contributed by atoms with E-state index in [1.807, 2.05) is 0 Å². The SMILES string of the molecule is CCCCCCCCC=Cc1cc(C=CCCCCCCCC)cc(C2=C(CCCCC)C(CCCCCCCC)=C(c3cc(C=CCCCCCCCC)cc(C=CCCCCCCCC)c3)[N+]2=[N-])c1. The molecule has 2 heteroatoms. The number of benzene rings is 2. The monoisotopic (exact) mass is 967 g/mol. The summed E-state index contributed by atoms with van der Waals surface area (Å²) in [6.07, 6.45) is 68.3. The molecular formula is C69H110N2. The molecule has 0 fully saturated rings. The van der Waals surface area contributed by atoms with Crippen molar-refractivity contribution in [2.75, 3.05) is 0 Å². The van der Waals surface area contributed by atoms with Crippen LogP contribution in [0.2, 0.25) is 0 Å². The standard InChI is InChI=1S/C69H110N2/c1-7-13-19-24-29-33-37-43-48-60-54-61(49-44-38-34-30-25-20-14-8-2)57-64(56-60)68-66(52-42-18-12-6)67(53-47-41-28-23-17-11-5)69(71(68)70)65-58-62(50-45-39-35-31-26-21-15-9-3)55-63(59-65)51-46-40-36-32-27-22-16-10-4/h43-46,48-51,54-59H,7-42,47,52-53H2,1-6H3. The summed E-state index contributed by atoms with van der Waals surface area (Å²) in [5.41, 5.74) is 25.1. The number of rotatable bonds is 45. The van der Waals surface area contributed by atoms with E-state index in [4.69, 9.17) is 0 Å². The Morgan fingerprint density at radius 1 is 0.296 bits per heavy atom. The molecule has 396 valence electrons. The zero-order valence-electron chi connectivity index (χ0n) is 47.6. The van der Waals surface area contributed by atoms with Crippen LogP contribution in [0.3, 0.4) is 0 Å². The first kappa shape index (κ1) is 61.8. The molecule has 2 nitrogen and oxygen atoms in total. The van der Waals surface area contributed by atoms with Crippen molar-refractivity contribution in [3.63, 3.8) is 0 Å². The van der Waals surface area contributed by atoms with Gasteiger partial charge in [0.2, 0.25) is 11.4 Å². The molecule has 1 aliphatic rings. The zero-order chi connectivity index (χ0) is 50.8. The quantitative estimate of drug-likeness (QED) is 0.0467. The maximum Gasteiger partial charge on any atom is 0.211 e. The summed E-state index contributed by atoms with van der Waals surface area (Å²) in [7, 11) is 0. The Labute approximate surface area is 441 Å². The molecule has 0 amide bonds. The Morgan fingerprint density at radius 2 is 0.521 bits per heavy atom. The molecule has 0 N–H and O–H groups in total. The summed E-state index contributed by atoms with van der Waals surface area (Å²) in [5.74, 6) is 0. The number of hydrogen-bond donors (Lipinski definition) is 0. The second-order valence-electron chi connectivity index (χ2n) is 21.6. The number of unbranched alkanes of at least 4 members (excludes halogenated alkanes) is 31. The largest absolute Gasteiger partial charge is 0.493 e. The van der Waals surface area contributed by atoms with Gasteiger partial charge < -0.3 is 5.53 Å². The molecule has 0 bridgehead atoms. The van der Waals surface area contributed by atoms with Crippen LogP contribution in [0.5, 0.6) is 0 Å². The highest BCUT2D eigenvalue weighted by Gasteiger charge is 2.35. The summed E-state index contributed by atoms with van der Waals surface area (Å²) in [5, 5.41) is 0. The first-order valence-electron chi connectivity index (χ1n) is 30.9. The molecule has 0 spiro atoms. The van der Waals surface area contributed by atoms with Crippen LogP contribution in [-0.2, 0) is 0 Å². The smallest absolute Gasteiger partial charge is 0.211 e. The third kappa shape index (κ3) is 26.8. The molecule has 71 heavy (non-hydrogen) atoms. The van der Waals surface area contributed by atoms with E-state index in [1.165, 1.54) is 232 Å². The lowest BCUT2D eigenvalue weighted by Crippen LogP contribution is -2.04. The van der Waals surface area contributed by atoms with Crippen LogP contribution in [0.25, 0.3) is 41.2 Å². The van der Waals surface area contributed by atoms with Crippen molar-refractivity contribution in [2.24, 2.45) is 0 Å². The van der Waals surface area contributed by atoms with Gasteiger partial charge in [0.15, 0.2) is 0 Å². The van der Waals surface area contributed by atoms with Crippen molar-refractivity contribution in [1.29, 1.82) is 0 Å². The highest BCUT2D eigenvalue weighted by molar-refractivity contribution is 5.84. The van der Waals surface area contributed by atoms with E-state index in [9.17, 15) is 5.53 Å². The second kappa shape index (κ2) is 41.9. The average Bonchev–Trinajstić information content (AvgIpc) is 3.65. The van der Waals surface area contributed by atoms with Crippen molar-refractivity contribution in [2.45, 2.75) is 292 Å². The molecule has 3 rings (SSSR count). The Kier molecular flexibility index (Phi) is 36.5. The third-order valence-electron chi connectivity index (χ3n) is 14.8. The normalized spacial score (nSPS) is 13.4. The van der Waals surface area contributed by atoms with Gasteiger partial charge in [-0.15, -0.1) is 0 Å². The number of hydrogen-bond acceptors (Lipinski definition) is 0. The van der Waals surface area contributed by atoms with Crippen molar-refractivity contribution < 1.29 is 4.70 Å². The third-order valence-corrected chi connectivity index (χ3v) is 14.8. The molecule has 0 radical (unpaired) electrons. The van der Waals surface area contributed by atoms with Gasteiger partial charge in [-0.05, 0) is 136 Å². The van der Waals surface area contributed by atoms with Gasteiger partial charge in [0.05, 0.1) is 0 Å². The molecule has 1 heterocycles. The Morgan fingerprint density at radius 3 is 0.803 bits per heavy atom. The Hall–Kier alpha value is -3.52. The lowest BCUT2D eigenvalue weighted by molar-refractivity contribution is -0.345. The summed E-state index contributed by atoms with van der Waals surface area (Å²) < 4.78 is 1.67. The van der Waals surface area contributed by atoms with E-state index in [-0.39, 0.29) is 0 Å². The fourth-order valence-electron chi connectivity index (χ4n) is 10.5. The summed E-state index contributed by atoms with van der Waals surface area (Å²) in [4.78, 5) is 0. The maximum absolute atomic E-state index is 13.1. The van der Waals surface area contributed by atoms with E-state index < -0.39 is 0 Å². The van der Waals surface area contributed by atoms with Crippen molar-refractivity contribution in [3.8, 4) is 0 Å². The Balaban J connectivity index is 2.15. The molecule has 2 aromatic carbocycles. The fraction of sp³-hybridized carbons (Fsp3) is 0.652. The topological polar surface area (TPSA) is 25.3 Å². The number of nitrogens with zero attached hydrogens (tertiary/aromatic N) is 2. The zero-order valence-corrected chi connectivity index (χ0v) is 47.6. The average molecular weight is 968 g/mol. The first-order valence-corrected chi connectivity index (χ1v) is 30.9. The minimum Gasteiger partial charge on any atom is -0.493 e. The molecule has 0 saturated heterocycles. The predicted molar refractivity (Wildman–Crippen MR) is 321 cm³/mol.